The van der Waals surface area contributed by atoms with E-state index >= 15 is 0 Å². The number of rotatable bonds is 2. The number of hydrogen-bond donors (Lipinski definition) is 0. The molecule has 0 amide bonds. The first-order valence-electron chi connectivity index (χ1n) is 5.04. The summed E-state index contributed by atoms with van der Waals surface area (Å²) >= 11 is 17.9. The predicted molar refractivity (Wildman–Crippen MR) is 80.7 cm³/mol. The van der Waals surface area contributed by atoms with Crippen molar-refractivity contribution in [2.75, 3.05) is 0 Å². The third kappa shape index (κ3) is 2.70. The molecule has 1 nitrogen and oxygen atoms in total. The quantitative estimate of drug-likeness (QED) is 0.593. The fourth-order valence-electron chi connectivity index (χ4n) is 1.60. The molecule has 0 aliphatic heterocycles. The molecular weight excluding hydrogens is 309 g/mol. The van der Waals surface area contributed by atoms with Crippen molar-refractivity contribution in [2.45, 2.75) is 0 Å². The van der Waals surface area contributed by atoms with Gasteiger partial charge in [-0.15, -0.1) is 9.24 Å². The molecule has 0 saturated carbocycles. The molecule has 18 heavy (non-hydrogen) atoms. The molecule has 0 radical (unpaired) electrons. The Kier molecular flexibility index (Phi) is 4.29. The minimum atomic E-state index is -0.215. The van der Waals surface area contributed by atoms with Crippen molar-refractivity contribution in [1.82, 2.24) is 0 Å². The smallest absolute Gasteiger partial charge is 0.196 e. The maximum atomic E-state index is 12.4. The van der Waals surface area contributed by atoms with Crippen molar-refractivity contribution in [3.05, 3.63) is 62.6 Å². The Morgan fingerprint density at radius 2 is 1.56 bits per heavy atom. The van der Waals surface area contributed by atoms with Gasteiger partial charge >= 0.3 is 0 Å². The van der Waals surface area contributed by atoms with Crippen LogP contribution in [-0.4, -0.2) is 5.78 Å². The molecule has 2 aromatic rings. The predicted octanol–water partition coefficient (Wildman–Crippen LogP) is 4.38. The first-order chi connectivity index (χ1) is 8.50. The average molecular weight is 318 g/mol. The zero-order valence-corrected chi connectivity index (χ0v) is 12.5. The highest BCUT2D eigenvalue weighted by molar-refractivity contribution is 7.27. The first kappa shape index (κ1) is 13.8. The van der Waals surface area contributed by atoms with Crippen LogP contribution in [0.2, 0.25) is 15.1 Å². The van der Waals surface area contributed by atoms with Crippen LogP contribution in [0.5, 0.6) is 0 Å². The molecular formula is C13H8Cl3OP. The molecule has 0 spiro atoms. The highest BCUT2D eigenvalue weighted by Gasteiger charge is 2.18. The van der Waals surface area contributed by atoms with E-state index in [0.29, 0.717) is 10.6 Å². The molecule has 0 heterocycles. The minimum absolute atomic E-state index is 0.215. The van der Waals surface area contributed by atoms with E-state index in [0.717, 1.165) is 5.30 Å². The monoisotopic (exact) mass is 316 g/mol. The van der Waals surface area contributed by atoms with Crippen LogP contribution in [0.3, 0.4) is 0 Å². The summed E-state index contributed by atoms with van der Waals surface area (Å²) in [4.78, 5) is 12.4. The Hall–Kier alpha value is -0.590. The zero-order valence-electron chi connectivity index (χ0n) is 9.08. The largest absolute Gasteiger partial charge is 0.288 e. The lowest BCUT2D eigenvalue weighted by Crippen LogP contribution is -2.11. The number of halogens is 3. The maximum absolute atomic E-state index is 12.4. The van der Waals surface area contributed by atoms with Crippen LogP contribution in [0.1, 0.15) is 15.9 Å². The Labute approximate surface area is 122 Å². The highest BCUT2D eigenvalue weighted by Crippen LogP contribution is 2.30. The van der Waals surface area contributed by atoms with Gasteiger partial charge in [0.25, 0.3) is 0 Å². The summed E-state index contributed by atoms with van der Waals surface area (Å²) in [6, 6.07) is 10.2. The highest BCUT2D eigenvalue weighted by atomic mass is 35.5. The molecule has 1 atom stereocenters. The van der Waals surface area contributed by atoms with Gasteiger partial charge < -0.3 is 0 Å². The normalized spacial score (nSPS) is 10.4. The van der Waals surface area contributed by atoms with Crippen molar-refractivity contribution in [3.63, 3.8) is 0 Å². The van der Waals surface area contributed by atoms with Gasteiger partial charge in [0.1, 0.15) is 0 Å². The molecule has 0 aliphatic carbocycles. The Morgan fingerprint density at radius 3 is 2.11 bits per heavy atom. The fourth-order valence-corrected chi connectivity index (χ4v) is 2.92. The summed E-state index contributed by atoms with van der Waals surface area (Å²) in [5, 5.41) is 1.71. The van der Waals surface area contributed by atoms with Gasteiger partial charge in [-0.05, 0) is 17.4 Å². The lowest BCUT2D eigenvalue weighted by Gasteiger charge is -2.08. The Morgan fingerprint density at radius 1 is 1.00 bits per heavy atom. The van der Waals surface area contributed by atoms with E-state index in [2.05, 4.69) is 9.24 Å². The summed E-state index contributed by atoms with van der Waals surface area (Å²) in [6.07, 6.45) is 0. The second kappa shape index (κ2) is 5.59. The lowest BCUT2D eigenvalue weighted by molar-refractivity contribution is 0.104. The zero-order chi connectivity index (χ0) is 13.3. The second-order valence-corrected chi connectivity index (χ2v) is 5.53. The number of carbonyl (C=O) groups excluding carboxylic acids is 1. The number of ketones is 1. The van der Waals surface area contributed by atoms with Crippen molar-refractivity contribution < 1.29 is 4.79 Å². The van der Waals surface area contributed by atoms with Crippen LogP contribution in [-0.2, 0) is 0 Å². The molecule has 2 aromatic carbocycles. The van der Waals surface area contributed by atoms with Crippen molar-refractivity contribution >= 4 is 55.1 Å². The molecule has 92 valence electrons. The number of hydrogen-bond acceptors (Lipinski definition) is 1. The summed E-state index contributed by atoms with van der Waals surface area (Å²) in [5.74, 6) is -0.215. The van der Waals surface area contributed by atoms with Gasteiger partial charge in [0.15, 0.2) is 5.78 Å². The Balaban J connectivity index is 2.57. The average Bonchev–Trinajstić information content (AvgIpc) is 2.27. The van der Waals surface area contributed by atoms with Gasteiger partial charge in [0.05, 0.1) is 15.6 Å². The number of carbonyl (C=O) groups is 1. The SMILES string of the molecule is O=C(c1ccccc1P)c1c(Cl)cc(Cl)cc1Cl. The van der Waals surface area contributed by atoms with Gasteiger partial charge in [-0.3, -0.25) is 4.79 Å². The van der Waals surface area contributed by atoms with E-state index in [4.69, 9.17) is 34.8 Å². The fraction of sp³-hybridized carbons (Fsp3) is 0. The summed E-state index contributed by atoms with van der Waals surface area (Å²) < 4.78 is 0. The molecule has 0 fully saturated rings. The molecule has 2 rings (SSSR count). The molecule has 0 bridgehead atoms. The van der Waals surface area contributed by atoms with Gasteiger partial charge in [0.2, 0.25) is 0 Å². The van der Waals surface area contributed by atoms with Gasteiger partial charge in [-0.2, -0.15) is 0 Å². The summed E-state index contributed by atoms with van der Waals surface area (Å²) in [7, 11) is 2.51. The van der Waals surface area contributed by atoms with Crippen molar-refractivity contribution in [1.29, 1.82) is 0 Å². The number of benzene rings is 2. The maximum Gasteiger partial charge on any atom is 0.196 e. The molecule has 0 aromatic heterocycles. The van der Waals surface area contributed by atoms with Crippen LogP contribution < -0.4 is 5.30 Å². The topological polar surface area (TPSA) is 17.1 Å². The first-order valence-corrected chi connectivity index (χ1v) is 6.75. The molecule has 0 saturated heterocycles. The van der Waals surface area contributed by atoms with Gasteiger partial charge in [-0.25, -0.2) is 0 Å². The third-order valence-electron chi connectivity index (χ3n) is 2.44. The van der Waals surface area contributed by atoms with E-state index in [1.165, 1.54) is 12.1 Å². The second-order valence-electron chi connectivity index (χ2n) is 3.66. The molecule has 1 unspecified atom stereocenters. The standard InChI is InChI=1S/C13H8Cl3OP/c14-7-5-9(15)12(10(16)6-7)13(17)8-3-1-2-4-11(8)18/h1-6H,18H2. The molecule has 0 aliphatic rings. The Bertz CT molecular complexity index is 602. The minimum Gasteiger partial charge on any atom is -0.288 e. The van der Waals surface area contributed by atoms with E-state index < -0.39 is 0 Å². The van der Waals surface area contributed by atoms with Gasteiger partial charge in [-0.1, -0.05) is 59.1 Å². The van der Waals surface area contributed by atoms with E-state index in [1.54, 1.807) is 12.1 Å². The molecule has 0 N–H and O–H groups in total. The van der Waals surface area contributed by atoms with E-state index in [9.17, 15) is 4.79 Å². The third-order valence-corrected chi connectivity index (χ3v) is 3.76. The molecule has 5 heteroatoms. The van der Waals surface area contributed by atoms with Crippen LogP contribution >= 0.6 is 44.0 Å². The van der Waals surface area contributed by atoms with Crippen molar-refractivity contribution in [3.8, 4) is 0 Å². The van der Waals surface area contributed by atoms with Crippen LogP contribution in [0.25, 0.3) is 0 Å². The van der Waals surface area contributed by atoms with E-state index in [1.807, 2.05) is 12.1 Å². The van der Waals surface area contributed by atoms with Gasteiger partial charge in [0, 0.05) is 10.6 Å². The van der Waals surface area contributed by atoms with Crippen LogP contribution in [0.15, 0.2) is 36.4 Å². The van der Waals surface area contributed by atoms with Crippen LogP contribution in [0, 0.1) is 0 Å². The van der Waals surface area contributed by atoms with E-state index in [-0.39, 0.29) is 21.4 Å². The lowest BCUT2D eigenvalue weighted by atomic mass is 10.0. The summed E-state index contributed by atoms with van der Waals surface area (Å²) in [5.41, 5.74) is 0.825. The van der Waals surface area contributed by atoms with Crippen molar-refractivity contribution in [2.24, 2.45) is 0 Å². The summed E-state index contributed by atoms with van der Waals surface area (Å²) in [6.45, 7) is 0. The van der Waals surface area contributed by atoms with Crippen LogP contribution in [0.4, 0.5) is 0 Å².